The average Bonchev–Trinajstić information content (AvgIpc) is 2.40. The van der Waals surface area contributed by atoms with Gasteiger partial charge in [-0.15, -0.1) is 0 Å². The predicted octanol–water partition coefficient (Wildman–Crippen LogP) is 1.62. The number of aromatic nitrogens is 1. The number of aliphatic hydroxyl groups is 1. The number of carbonyl (C=O) groups is 1. The normalized spacial score (nSPS) is 10.2. The van der Waals surface area contributed by atoms with Crippen molar-refractivity contribution in [2.24, 2.45) is 0 Å². The number of aliphatic hydroxyl groups excluding tert-OH is 1. The number of hydrogen-bond acceptors (Lipinski definition) is 4. The first-order valence-electron chi connectivity index (χ1n) is 5.88. The highest BCUT2D eigenvalue weighted by Gasteiger charge is 2.18. The van der Waals surface area contributed by atoms with Crippen LogP contribution in [0.4, 0.5) is 5.82 Å². The van der Waals surface area contributed by atoms with Crippen molar-refractivity contribution in [2.75, 3.05) is 32.1 Å². The second kappa shape index (κ2) is 7.18. The lowest BCUT2D eigenvalue weighted by molar-refractivity contribution is 0.0749. The standard InChI is InChI=1S/C12H18ClN3O2/c1-3-16(7-4-8-17)12(18)11-9(13)5-6-10(14-2)15-11/h5-6,17H,3-4,7-8H2,1-2H3,(H,14,15). The number of nitrogens with zero attached hydrogens (tertiary/aromatic N) is 2. The van der Waals surface area contributed by atoms with E-state index in [1.807, 2.05) is 6.92 Å². The second-order valence-electron chi connectivity index (χ2n) is 3.74. The van der Waals surface area contributed by atoms with Gasteiger partial charge in [0.2, 0.25) is 0 Å². The quantitative estimate of drug-likeness (QED) is 0.825. The molecule has 0 aliphatic carbocycles. The molecule has 1 heterocycles. The number of pyridine rings is 1. The number of anilines is 1. The van der Waals surface area contributed by atoms with E-state index in [1.165, 1.54) is 0 Å². The molecule has 0 aromatic carbocycles. The molecule has 100 valence electrons. The molecule has 1 aromatic heterocycles. The highest BCUT2D eigenvalue weighted by atomic mass is 35.5. The van der Waals surface area contributed by atoms with Gasteiger partial charge in [0.25, 0.3) is 5.91 Å². The van der Waals surface area contributed by atoms with Crippen molar-refractivity contribution in [3.63, 3.8) is 0 Å². The largest absolute Gasteiger partial charge is 0.396 e. The van der Waals surface area contributed by atoms with Gasteiger partial charge in [-0.1, -0.05) is 11.6 Å². The van der Waals surface area contributed by atoms with E-state index >= 15 is 0 Å². The van der Waals surface area contributed by atoms with Gasteiger partial charge in [-0.2, -0.15) is 0 Å². The van der Waals surface area contributed by atoms with E-state index in [2.05, 4.69) is 10.3 Å². The summed E-state index contributed by atoms with van der Waals surface area (Å²) in [6.45, 7) is 2.99. The number of rotatable bonds is 6. The first-order chi connectivity index (χ1) is 8.63. The minimum Gasteiger partial charge on any atom is -0.396 e. The summed E-state index contributed by atoms with van der Waals surface area (Å²) in [4.78, 5) is 18.0. The molecule has 0 saturated heterocycles. The number of nitrogens with one attached hydrogen (secondary N) is 1. The highest BCUT2D eigenvalue weighted by molar-refractivity contribution is 6.33. The molecular weight excluding hydrogens is 254 g/mol. The van der Waals surface area contributed by atoms with Gasteiger partial charge in [-0.05, 0) is 25.5 Å². The fourth-order valence-corrected chi connectivity index (χ4v) is 1.73. The maximum atomic E-state index is 12.2. The molecular formula is C12H18ClN3O2. The van der Waals surface area contributed by atoms with Gasteiger partial charge in [0.05, 0.1) is 5.02 Å². The Bertz CT molecular complexity index is 412. The summed E-state index contributed by atoms with van der Waals surface area (Å²) < 4.78 is 0. The Morgan fingerprint density at radius 3 is 2.83 bits per heavy atom. The summed E-state index contributed by atoms with van der Waals surface area (Å²) in [5.74, 6) is 0.383. The van der Waals surface area contributed by atoms with Crippen LogP contribution >= 0.6 is 11.6 Å². The number of halogens is 1. The molecule has 1 rings (SSSR count). The highest BCUT2D eigenvalue weighted by Crippen LogP contribution is 2.18. The van der Waals surface area contributed by atoms with Crippen LogP contribution in [0.5, 0.6) is 0 Å². The molecule has 0 spiro atoms. The molecule has 0 fully saturated rings. The van der Waals surface area contributed by atoms with Gasteiger partial charge in [-0.3, -0.25) is 4.79 Å². The first kappa shape index (κ1) is 14.7. The molecule has 0 bridgehead atoms. The molecule has 0 aliphatic heterocycles. The lowest BCUT2D eigenvalue weighted by Crippen LogP contribution is -2.33. The fraction of sp³-hybridized carbons (Fsp3) is 0.500. The van der Waals surface area contributed by atoms with Crippen molar-refractivity contribution >= 4 is 23.3 Å². The predicted molar refractivity (Wildman–Crippen MR) is 72.1 cm³/mol. The van der Waals surface area contributed by atoms with Crippen LogP contribution in [0.25, 0.3) is 0 Å². The van der Waals surface area contributed by atoms with Crippen LogP contribution < -0.4 is 5.32 Å². The third-order valence-electron chi connectivity index (χ3n) is 2.56. The van der Waals surface area contributed by atoms with E-state index in [1.54, 1.807) is 24.1 Å². The summed E-state index contributed by atoms with van der Waals surface area (Å²) in [7, 11) is 1.73. The molecule has 0 saturated carbocycles. The Morgan fingerprint density at radius 2 is 2.28 bits per heavy atom. The van der Waals surface area contributed by atoms with E-state index in [-0.39, 0.29) is 18.2 Å². The van der Waals surface area contributed by atoms with Crippen molar-refractivity contribution in [1.82, 2.24) is 9.88 Å². The van der Waals surface area contributed by atoms with Gasteiger partial charge < -0.3 is 15.3 Å². The Kier molecular flexibility index (Phi) is 5.88. The van der Waals surface area contributed by atoms with Crippen LogP contribution in [0.1, 0.15) is 23.8 Å². The van der Waals surface area contributed by atoms with E-state index < -0.39 is 0 Å². The van der Waals surface area contributed by atoms with Gasteiger partial charge >= 0.3 is 0 Å². The fourth-order valence-electron chi connectivity index (χ4n) is 1.55. The maximum absolute atomic E-state index is 12.2. The third kappa shape index (κ3) is 3.58. The lowest BCUT2D eigenvalue weighted by atomic mass is 10.3. The Morgan fingerprint density at radius 1 is 1.56 bits per heavy atom. The Labute approximate surface area is 112 Å². The zero-order valence-corrected chi connectivity index (χ0v) is 11.4. The van der Waals surface area contributed by atoms with Gasteiger partial charge in [0, 0.05) is 26.7 Å². The number of hydrogen-bond donors (Lipinski definition) is 2. The molecule has 1 aromatic rings. The van der Waals surface area contributed by atoms with Crippen LogP contribution in [0.3, 0.4) is 0 Å². The molecule has 5 nitrogen and oxygen atoms in total. The van der Waals surface area contributed by atoms with Crippen LogP contribution in [0.2, 0.25) is 5.02 Å². The average molecular weight is 272 g/mol. The first-order valence-corrected chi connectivity index (χ1v) is 6.26. The SMILES string of the molecule is CCN(CCCO)C(=O)c1nc(NC)ccc1Cl. The molecule has 1 amide bonds. The van der Waals surface area contributed by atoms with Crippen molar-refractivity contribution in [3.8, 4) is 0 Å². The van der Waals surface area contributed by atoms with Crippen molar-refractivity contribution in [3.05, 3.63) is 22.8 Å². The minimum absolute atomic E-state index is 0.0570. The number of amides is 1. The maximum Gasteiger partial charge on any atom is 0.274 e. The zero-order valence-electron chi connectivity index (χ0n) is 10.6. The summed E-state index contributed by atoms with van der Waals surface area (Å²) in [6, 6.07) is 3.36. The Balaban J connectivity index is 2.93. The van der Waals surface area contributed by atoms with Crippen molar-refractivity contribution in [2.45, 2.75) is 13.3 Å². The minimum atomic E-state index is -0.215. The molecule has 2 N–H and O–H groups in total. The second-order valence-corrected chi connectivity index (χ2v) is 4.15. The monoisotopic (exact) mass is 271 g/mol. The summed E-state index contributed by atoms with van der Waals surface area (Å²) >= 11 is 6.00. The van der Waals surface area contributed by atoms with Gasteiger partial charge in [0.15, 0.2) is 0 Å². The Hall–Kier alpha value is -1.33. The topological polar surface area (TPSA) is 65.5 Å². The molecule has 0 atom stereocenters. The lowest BCUT2D eigenvalue weighted by Gasteiger charge is -2.20. The molecule has 18 heavy (non-hydrogen) atoms. The van der Waals surface area contributed by atoms with Crippen LogP contribution in [-0.4, -0.2) is 47.6 Å². The zero-order chi connectivity index (χ0) is 13.5. The number of carbonyl (C=O) groups excluding carboxylic acids is 1. The van der Waals surface area contributed by atoms with Crippen LogP contribution in [-0.2, 0) is 0 Å². The molecule has 0 unspecified atom stereocenters. The van der Waals surface area contributed by atoms with Gasteiger partial charge in [0.1, 0.15) is 11.5 Å². The van der Waals surface area contributed by atoms with E-state index in [4.69, 9.17) is 16.7 Å². The van der Waals surface area contributed by atoms with E-state index in [0.717, 1.165) is 0 Å². The summed E-state index contributed by atoms with van der Waals surface area (Å²) in [5.41, 5.74) is 0.239. The van der Waals surface area contributed by atoms with E-state index in [9.17, 15) is 4.79 Å². The third-order valence-corrected chi connectivity index (χ3v) is 2.86. The van der Waals surface area contributed by atoms with Gasteiger partial charge in [-0.25, -0.2) is 4.98 Å². The smallest absolute Gasteiger partial charge is 0.274 e. The molecule has 0 aliphatic rings. The molecule has 6 heteroatoms. The summed E-state index contributed by atoms with van der Waals surface area (Å²) in [5, 5.41) is 12.0. The van der Waals surface area contributed by atoms with Crippen molar-refractivity contribution in [1.29, 1.82) is 0 Å². The van der Waals surface area contributed by atoms with Crippen LogP contribution in [0.15, 0.2) is 12.1 Å². The summed E-state index contributed by atoms with van der Waals surface area (Å²) in [6.07, 6.45) is 0.545. The van der Waals surface area contributed by atoms with Crippen LogP contribution in [0, 0.1) is 0 Å². The molecule has 0 radical (unpaired) electrons. The van der Waals surface area contributed by atoms with E-state index in [0.29, 0.717) is 30.4 Å². The van der Waals surface area contributed by atoms with Crippen molar-refractivity contribution < 1.29 is 9.90 Å².